The van der Waals surface area contributed by atoms with Gasteiger partial charge in [0, 0.05) is 25.2 Å². The Labute approximate surface area is 118 Å². The van der Waals surface area contributed by atoms with E-state index in [1.54, 1.807) is 12.1 Å². The van der Waals surface area contributed by atoms with Crippen LogP contribution in [0, 0.1) is 16.0 Å². The number of nitrogens with two attached hydrogens (primary N) is 1. The van der Waals surface area contributed by atoms with Crippen molar-refractivity contribution in [1.29, 1.82) is 0 Å². The van der Waals surface area contributed by atoms with Crippen LogP contribution >= 0.6 is 0 Å². The molecule has 1 aliphatic heterocycles. The second-order valence-electron chi connectivity index (χ2n) is 5.43. The van der Waals surface area contributed by atoms with Crippen molar-refractivity contribution in [1.82, 2.24) is 4.90 Å². The first-order valence-electron chi connectivity index (χ1n) is 6.80. The summed E-state index contributed by atoms with van der Waals surface area (Å²) in [5, 5.41) is 11.0. The van der Waals surface area contributed by atoms with Gasteiger partial charge in [0.1, 0.15) is 0 Å². The number of methoxy groups -OCH3 is 1. The Morgan fingerprint density at radius 3 is 2.90 bits per heavy atom. The second kappa shape index (κ2) is 6.19. The van der Waals surface area contributed by atoms with Gasteiger partial charge in [-0.05, 0) is 30.5 Å². The van der Waals surface area contributed by atoms with Crippen molar-refractivity contribution in [3.05, 3.63) is 33.9 Å². The van der Waals surface area contributed by atoms with Crippen molar-refractivity contribution in [3.63, 3.8) is 0 Å². The van der Waals surface area contributed by atoms with E-state index in [0.717, 1.165) is 25.1 Å². The molecule has 2 N–H and O–H groups in total. The molecule has 1 aromatic carbocycles. The molecule has 2 rings (SSSR count). The standard InChI is InChI=1S/C14H21N3O3/c1-10-5-6-16(9-12(10)15)8-11-3-4-14(20-2)13(7-11)17(18)19/h3-4,7,10,12H,5-6,8-9,15H2,1-2H3. The van der Waals surface area contributed by atoms with Crippen LogP contribution in [0.15, 0.2) is 18.2 Å². The summed E-state index contributed by atoms with van der Waals surface area (Å²) in [4.78, 5) is 12.8. The molecule has 1 heterocycles. The van der Waals surface area contributed by atoms with Gasteiger partial charge in [-0.25, -0.2) is 0 Å². The zero-order valence-electron chi connectivity index (χ0n) is 11.9. The topological polar surface area (TPSA) is 81.6 Å². The van der Waals surface area contributed by atoms with Gasteiger partial charge < -0.3 is 10.5 Å². The zero-order chi connectivity index (χ0) is 14.7. The Hall–Kier alpha value is -1.66. The molecule has 0 aromatic heterocycles. The van der Waals surface area contributed by atoms with Crippen molar-refractivity contribution in [3.8, 4) is 5.75 Å². The summed E-state index contributed by atoms with van der Waals surface area (Å²) in [5.74, 6) is 0.833. The van der Waals surface area contributed by atoms with E-state index in [0.29, 0.717) is 18.2 Å². The summed E-state index contributed by atoms with van der Waals surface area (Å²) in [7, 11) is 1.44. The largest absolute Gasteiger partial charge is 0.490 e. The maximum atomic E-state index is 11.0. The minimum absolute atomic E-state index is 0.0136. The quantitative estimate of drug-likeness (QED) is 0.671. The average molecular weight is 279 g/mol. The second-order valence-corrected chi connectivity index (χ2v) is 5.43. The number of benzene rings is 1. The Balaban J connectivity index is 2.10. The minimum Gasteiger partial charge on any atom is -0.490 e. The van der Waals surface area contributed by atoms with E-state index in [2.05, 4.69) is 11.8 Å². The summed E-state index contributed by atoms with van der Waals surface area (Å²) in [5.41, 5.74) is 7.01. The first kappa shape index (κ1) is 14.7. The van der Waals surface area contributed by atoms with E-state index < -0.39 is 4.92 Å². The molecule has 2 atom stereocenters. The highest BCUT2D eigenvalue weighted by atomic mass is 16.6. The van der Waals surface area contributed by atoms with E-state index >= 15 is 0 Å². The highest BCUT2D eigenvalue weighted by molar-refractivity contribution is 5.48. The number of likely N-dealkylation sites (tertiary alicyclic amines) is 1. The summed E-state index contributed by atoms with van der Waals surface area (Å²) in [6.07, 6.45) is 1.07. The number of ether oxygens (including phenoxy) is 1. The average Bonchev–Trinajstić information content (AvgIpc) is 2.43. The number of nitrogens with zero attached hydrogens (tertiary/aromatic N) is 2. The number of hydrogen-bond donors (Lipinski definition) is 1. The molecular formula is C14H21N3O3. The lowest BCUT2D eigenvalue weighted by Crippen LogP contribution is -2.47. The molecule has 0 amide bonds. The fourth-order valence-corrected chi connectivity index (χ4v) is 2.55. The molecule has 110 valence electrons. The van der Waals surface area contributed by atoms with Crippen LogP contribution in [0.3, 0.4) is 0 Å². The zero-order valence-corrected chi connectivity index (χ0v) is 11.9. The molecule has 20 heavy (non-hydrogen) atoms. The third kappa shape index (κ3) is 3.26. The van der Waals surface area contributed by atoms with Gasteiger partial charge in [-0.1, -0.05) is 13.0 Å². The lowest BCUT2D eigenvalue weighted by molar-refractivity contribution is -0.385. The first-order chi connectivity index (χ1) is 9.51. The minimum atomic E-state index is -0.410. The fraction of sp³-hybridized carbons (Fsp3) is 0.571. The monoisotopic (exact) mass is 279 g/mol. The van der Waals surface area contributed by atoms with Crippen LogP contribution < -0.4 is 10.5 Å². The Bertz CT molecular complexity index is 493. The summed E-state index contributed by atoms with van der Waals surface area (Å²) in [6, 6.07) is 5.29. The van der Waals surface area contributed by atoms with Crippen LogP contribution in [0.4, 0.5) is 5.69 Å². The van der Waals surface area contributed by atoms with Gasteiger partial charge in [-0.3, -0.25) is 15.0 Å². The van der Waals surface area contributed by atoms with E-state index in [-0.39, 0.29) is 11.7 Å². The summed E-state index contributed by atoms with van der Waals surface area (Å²) in [6.45, 7) is 4.67. The molecule has 0 saturated carbocycles. The SMILES string of the molecule is COc1ccc(CN2CCC(C)C(N)C2)cc1[N+](=O)[O-]. The molecule has 2 unspecified atom stereocenters. The molecule has 0 radical (unpaired) electrons. The first-order valence-corrected chi connectivity index (χ1v) is 6.80. The van der Waals surface area contributed by atoms with Crippen molar-refractivity contribution in [2.75, 3.05) is 20.2 Å². The van der Waals surface area contributed by atoms with Gasteiger partial charge >= 0.3 is 5.69 Å². The third-order valence-corrected chi connectivity index (χ3v) is 3.95. The lowest BCUT2D eigenvalue weighted by Gasteiger charge is -2.35. The molecule has 1 aromatic rings. The molecule has 0 aliphatic carbocycles. The number of hydrogen-bond acceptors (Lipinski definition) is 5. The smallest absolute Gasteiger partial charge is 0.311 e. The highest BCUT2D eigenvalue weighted by Crippen LogP contribution is 2.28. The van der Waals surface area contributed by atoms with Crippen LogP contribution in [-0.2, 0) is 6.54 Å². The van der Waals surface area contributed by atoms with Crippen LogP contribution in [0.25, 0.3) is 0 Å². The van der Waals surface area contributed by atoms with Gasteiger partial charge in [0.15, 0.2) is 5.75 Å². The van der Waals surface area contributed by atoms with Crippen molar-refractivity contribution >= 4 is 5.69 Å². The maximum Gasteiger partial charge on any atom is 0.311 e. The predicted octanol–water partition coefficient (Wildman–Crippen LogP) is 1.77. The Morgan fingerprint density at radius 2 is 2.30 bits per heavy atom. The molecule has 1 aliphatic rings. The van der Waals surface area contributed by atoms with E-state index in [1.165, 1.54) is 7.11 Å². The van der Waals surface area contributed by atoms with Gasteiger partial charge in [0.25, 0.3) is 0 Å². The molecule has 0 bridgehead atoms. The van der Waals surface area contributed by atoms with Crippen molar-refractivity contribution < 1.29 is 9.66 Å². The van der Waals surface area contributed by atoms with Crippen molar-refractivity contribution in [2.45, 2.75) is 25.9 Å². The lowest BCUT2D eigenvalue weighted by atomic mass is 9.94. The normalized spacial score (nSPS) is 23.6. The van der Waals surface area contributed by atoms with Gasteiger partial charge in [0.2, 0.25) is 0 Å². The number of nitro benzene ring substituents is 1. The Kier molecular flexibility index (Phi) is 4.57. The number of rotatable bonds is 4. The Morgan fingerprint density at radius 1 is 1.55 bits per heavy atom. The van der Waals surface area contributed by atoms with Crippen LogP contribution in [-0.4, -0.2) is 36.1 Å². The van der Waals surface area contributed by atoms with E-state index in [9.17, 15) is 10.1 Å². The number of nitro groups is 1. The molecule has 0 spiro atoms. The maximum absolute atomic E-state index is 11.0. The van der Waals surface area contributed by atoms with E-state index in [1.807, 2.05) is 6.07 Å². The van der Waals surface area contributed by atoms with Crippen LogP contribution in [0.5, 0.6) is 5.75 Å². The molecule has 1 fully saturated rings. The predicted molar refractivity (Wildman–Crippen MR) is 76.7 cm³/mol. The van der Waals surface area contributed by atoms with Crippen LogP contribution in [0.1, 0.15) is 18.9 Å². The summed E-state index contributed by atoms with van der Waals surface area (Å²) >= 11 is 0. The van der Waals surface area contributed by atoms with Crippen molar-refractivity contribution in [2.24, 2.45) is 11.7 Å². The summed E-state index contributed by atoms with van der Waals surface area (Å²) < 4.78 is 5.01. The molecule has 1 saturated heterocycles. The molecule has 6 heteroatoms. The van der Waals surface area contributed by atoms with Crippen LogP contribution in [0.2, 0.25) is 0 Å². The number of piperidine rings is 1. The van der Waals surface area contributed by atoms with Gasteiger partial charge in [-0.15, -0.1) is 0 Å². The third-order valence-electron chi connectivity index (χ3n) is 3.95. The molecule has 6 nitrogen and oxygen atoms in total. The molecular weight excluding hydrogens is 258 g/mol. The van der Waals surface area contributed by atoms with Gasteiger partial charge in [0.05, 0.1) is 12.0 Å². The highest BCUT2D eigenvalue weighted by Gasteiger charge is 2.24. The van der Waals surface area contributed by atoms with Gasteiger partial charge in [-0.2, -0.15) is 0 Å². The van der Waals surface area contributed by atoms with E-state index in [4.69, 9.17) is 10.5 Å². The fourth-order valence-electron chi connectivity index (χ4n) is 2.55.